The third-order valence-corrected chi connectivity index (χ3v) is 4.46. The van der Waals surface area contributed by atoms with Crippen molar-refractivity contribution in [2.45, 2.75) is 32.7 Å². The molecule has 0 bridgehead atoms. The first-order valence-corrected chi connectivity index (χ1v) is 7.43. The van der Waals surface area contributed by atoms with Gasteiger partial charge >= 0.3 is 0 Å². The molecule has 22 heavy (non-hydrogen) atoms. The molecular weight excluding hydrogens is 374 g/mol. The number of nitrogens with one attached hydrogen (secondary N) is 1. The first-order valence-electron chi connectivity index (χ1n) is 6.63. The maximum atomic E-state index is 12.1. The summed E-state index contributed by atoms with van der Waals surface area (Å²) in [6.07, 6.45) is 0.140. The summed E-state index contributed by atoms with van der Waals surface area (Å²) in [5, 5.41) is 13.6. The number of nitrogens with two attached hydrogens (primary N) is 1. The van der Waals surface area contributed by atoms with Crippen LogP contribution in [-0.4, -0.2) is 22.9 Å². The number of hydrogen-bond donors (Lipinski definition) is 2. The van der Waals surface area contributed by atoms with Crippen LogP contribution in [0.2, 0.25) is 0 Å². The van der Waals surface area contributed by atoms with Crippen molar-refractivity contribution < 1.29 is 9.72 Å². The molecule has 1 aromatic rings. The highest BCUT2D eigenvalue weighted by Crippen LogP contribution is 2.24. The molecule has 8 heteroatoms. The van der Waals surface area contributed by atoms with Crippen LogP contribution in [0.3, 0.4) is 0 Å². The average Bonchev–Trinajstić information content (AvgIpc) is 2.40. The van der Waals surface area contributed by atoms with Crippen molar-refractivity contribution in [1.82, 2.24) is 5.32 Å². The van der Waals surface area contributed by atoms with Gasteiger partial charge in [-0.3, -0.25) is 14.9 Å². The van der Waals surface area contributed by atoms with Gasteiger partial charge in [0.1, 0.15) is 0 Å². The van der Waals surface area contributed by atoms with E-state index in [-0.39, 0.29) is 36.3 Å². The van der Waals surface area contributed by atoms with Crippen molar-refractivity contribution in [2.24, 2.45) is 11.7 Å². The Balaban J connectivity index is 0.00000441. The number of halogens is 2. The van der Waals surface area contributed by atoms with Crippen molar-refractivity contribution in [3.63, 3.8) is 0 Å². The summed E-state index contributed by atoms with van der Waals surface area (Å²) in [5.74, 6) is 0.0398. The lowest BCUT2D eigenvalue weighted by molar-refractivity contribution is -0.384. The minimum atomic E-state index is -0.473. The fourth-order valence-corrected chi connectivity index (χ4v) is 2.27. The molecule has 0 aliphatic carbocycles. The van der Waals surface area contributed by atoms with Gasteiger partial charge in [0.15, 0.2) is 0 Å². The van der Waals surface area contributed by atoms with Gasteiger partial charge in [0.2, 0.25) is 5.91 Å². The molecule has 0 aliphatic rings. The van der Waals surface area contributed by atoms with E-state index in [9.17, 15) is 14.9 Å². The number of nitro groups is 1. The van der Waals surface area contributed by atoms with Gasteiger partial charge in [-0.05, 0) is 18.4 Å². The monoisotopic (exact) mass is 393 g/mol. The number of carbonyl (C=O) groups excluding carboxylic acids is 1. The fraction of sp³-hybridized carbons (Fsp3) is 0.500. The number of benzene rings is 1. The molecule has 0 fully saturated rings. The van der Waals surface area contributed by atoms with E-state index in [1.165, 1.54) is 12.1 Å². The van der Waals surface area contributed by atoms with E-state index in [1.807, 2.05) is 20.8 Å². The molecule has 124 valence electrons. The van der Waals surface area contributed by atoms with Crippen molar-refractivity contribution in [2.75, 3.05) is 6.54 Å². The van der Waals surface area contributed by atoms with Gasteiger partial charge < -0.3 is 11.1 Å². The fourth-order valence-electron chi connectivity index (χ4n) is 1.76. The van der Waals surface area contributed by atoms with Gasteiger partial charge in [0.05, 0.1) is 16.9 Å². The Morgan fingerprint density at radius 3 is 2.50 bits per heavy atom. The number of non-ortho nitro benzene ring substituents is 1. The van der Waals surface area contributed by atoms with Crippen LogP contribution in [0.15, 0.2) is 22.7 Å². The van der Waals surface area contributed by atoms with Crippen LogP contribution in [0.4, 0.5) is 5.69 Å². The zero-order valence-electron chi connectivity index (χ0n) is 12.8. The van der Waals surface area contributed by atoms with Gasteiger partial charge in [0.25, 0.3) is 5.69 Å². The molecule has 0 aliphatic heterocycles. The number of hydrogen-bond acceptors (Lipinski definition) is 4. The van der Waals surface area contributed by atoms with Gasteiger partial charge in [-0.2, -0.15) is 0 Å². The lowest BCUT2D eigenvalue weighted by Gasteiger charge is -2.33. The molecule has 1 aromatic carbocycles. The first kappa shape index (κ1) is 20.8. The molecule has 0 aromatic heterocycles. The summed E-state index contributed by atoms with van der Waals surface area (Å²) in [6, 6.07) is 4.36. The second-order valence-electron chi connectivity index (χ2n) is 5.53. The molecule has 3 N–H and O–H groups in total. The van der Waals surface area contributed by atoms with E-state index in [0.717, 1.165) is 0 Å². The largest absolute Gasteiger partial charge is 0.349 e. The van der Waals surface area contributed by atoms with Crippen molar-refractivity contribution in [1.29, 1.82) is 0 Å². The summed E-state index contributed by atoms with van der Waals surface area (Å²) in [6.45, 7) is 6.24. The Morgan fingerprint density at radius 2 is 2.09 bits per heavy atom. The minimum Gasteiger partial charge on any atom is -0.349 e. The molecule has 0 spiro atoms. The van der Waals surface area contributed by atoms with Crippen LogP contribution in [0, 0.1) is 16.0 Å². The smallest absolute Gasteiger partial charge is 0.270 e. The summed E-state index contributed by atoms with van der Waals surface area (Å²) < 4.78 is 0.547. The van der Waals surface area contributed by atoms with Crippen molar-refractivity contribution >= 4 is 39.9 Å². The number of rotatable bonds is 6. The minimum absolute atomic E-state index is 0. The molecule has 0 saturated heterocycles. The number of carbonyl (C=O) groups is 1. The van der Waals surface area contributed by atoms with Crippen LogP contribution in [-0.2, 0) is 11.2 Å². The average molecular weight is 395 g/mol. The molecule has 1 atom stereocenters. The Labute approximate surface area is 144 Å². The Hall–Kier alpha value is -1.18. The third-order valence-electron chi connectivity index (χ3n) is 3.72. The highest BCUT2D eigenvalue weighted by Gasteiger charge is 2.28. The summed E-state index contributed by atoms with van der Waals surface area (Å²) in [7, 11) is 0. The number of nitrogens with zero attached hydrogens (tertiary/aromatic N) is 1. The Bertz CT molecular complexity index is 554. The zero-order valence-corrected chi connectivity index (χ0v) is 15.2. The Morgan fingerprint density at radius 1 is 1.50 bits per heavy atom. The van der Waals surface area contributed by atoms with Crippen LogP contribution < -0.4 is 11.1 Å². The van der Waals surface area contributed by atoms with E-state index in [4.69, 9.17) is 5.73 Å². The van der Waals surface area contributed by atoms with E-state index in [0.29, 0.717) is 16.6 Å². The second kappa shape index (κ2) is 8.45. The number of amides is 1. The molecule has 0 radical (unpaired) electrons. The summed E-state index contributed by atoms with van der Waals surface area (Å²) in [4.78, 5) is 22.3. The van der Waals surface area contributed by atoms with Crippen molar-refractivity contribution in [3.05, 3.63) is 38.3 Å². The van der Waals surface area contributed by atoms with E-state index in [2.05, 4.69) is 21.2 Å². The molecule has 0 saturated carbocycles. The highest BCUT2D eigenvalue weighted by atomic mass is 79.9. The van der Waals surface area contributed by atoms with Crippen LogP contribution in [0.5, 0.6) is 0 Å². The summed E-state index contributed by atoms with van der Waals surface area (Å²) >= 11 is 3.26. The van der Waals surface area contributed by atoms with E-state index < -0.39 is 10.5 Å². The van der Waals surface area contributed by atoms with Gasteiger partial charge in [-0.1, -0.05) is 35.8 Å². The maximum absolute atomic E-state index is 12.1. The molecule has 1 amide bonds. The predicted octanol–water partition coefficient (Wildman–Crippen LogP) is 2.81. The third kappa shape index (κ3) is 5.23. The van der Waals surface area contributed by atoms with Crippen LogP contribution in [0.1, 0.15) is 26.3 Å². The van der Waals surface area contributed by atoms with Gasteiger partial charge in [-0.25, -0.2) is 0 Å². The first-order chi connectivity index (χ1) is 9.69. The molecule has 6 nitrogen and oxygen atoms in total. The maximum Gasteiger partial charge on any atom is 0.270 e. The second-order valence-corrected chi connectivity index (χ2v) is 6.39. The predicted molar refractivity (Wildman–Crippen MR) is 92.2 cm³/mol. The van der Waals surface area contributed by atoms with Crippen LogP contribution in [0.25, 0.3) is 0 Å². The normalized spacial score (nSPS) is 13.2. The van der Waals surface area contributed by atoms with Crippen LogP contribution >= 0.6 is 28.3 Å². The molecular formula is C14H21BrClN3O3. The molecule has 1 unspecified atom stereocenters. The van der Waals surface area contributed by atoms with E-state index in [1.54, 1.807) is 6.07 Å². The Kier molecular flexibility index (Phi) is 8.00. The van der Waals surface area contributed by atoms with Gasteiger partial charge in [-0.15, -0.1) is 12.4 Å². The zero-order chi connectivity index (χ0) is 16.2. The molecule has 1 rings (SSSR count). The molecule has 0 heterocycles. The van der Waals surface area contributed by atoms with Gasteiger partial charge in [0, 0.05) is 23.2 Å². The topological polar surface area (TPSA) is 98.3 Å². The van der Waals surface area contributed by atoms with E-state index >= 15 is 0 Å². The lowest BCUT2D eigenvalue weighted by atomic mass is 9.88. The highest BCUT2D eigenvalue weighted by molar-refractivity contribution is 9.10. The lowest BCUT2D eigenvalue weighted by Crippen LogP contribution is -2.55. The SMILES string of the molecule is CC(C)C(C)(CN)NC(=O)Cc1ccc([N+](=O)[O-])cc1Br.Cl. The number of nitro benzene ring substituents is 1. The quantitative estimate of drug-likeness (QED) is 0.572. The summed E-state index contributed by atoms with van der Waals surface area (Å²) in [5.41, 5.74) is 5.95. The van der Waals surface area contributed by atoms with Crippen molar-refractivity contribution in [3.8, 4) is 0 Å². The standard InChI is InChI=1S/C14H20BrN3O3.ClH/c1-9(2)14(3,8-16)17-13(19)6-10-4-5-11(18(20)21)7-12(10)15;/h4-5,7,9H,6,8,16H2,1-3H3,(H,17,19);1H.